The Hall–Kier alpha value is -1.13. The molecule has 0 amide bonds. The number of halogens is 1. The number of nitrogens with one attached hydrogen (secondary N) is 1. The Bertz CT molecular complexity index is 665. The second kappa shape index (κ2) is 5.34. The molecule has 0 radical (unpaired) electrons. The maximum absolute atomic E-state index is 12.8. The van der Waals surface area contributed by atoms with Crippen LogP contribution in [0.15, 0.2) is 23.1 Å². The van der Waals surface area contributed by atoms with E-state index >= 15 is 0 Å². The van der Waals surface area contributed by atoms with Gasteiger partial charge in [-0.1, -0.05) is 11.6 Å². The first-order valence-electron chi connectivity index (χ1n) is 6.22. The fourth-order valence-corrected chi connectivity index (χ4v) is 4.61. The maximum atomic E-state index is 12.8. The van der Waals surface area contributed by atoms with Gasteiger partial charge in [0.05, 0.1) is 16.7 Å². The topological polar surface area (TPSA) is 73.2 Å². The lowest BCUT2D eigenvalue weighted by Crippen LogP contribution is -2.59. The Morgan fingerprint density at radius 3 is 2.70 bits per heavy atom. The molecule has 0 aromatic heterocycles. The minimum Gasteiger partial charge on any atom is -0.314 e. The molecule has 5 nitrogen and oxygen atoms in total. The number of rotatable bonds is 2. The van der Waals surface area contributed by atoms with Gasteiger partial charge in [0.1, 0.15) is 4.90 Å². The largest absolute Gasteiger partial charge is 0.314 e. The molecule has 1 heterocycles. The number of hydrogen-bond donors (Lipinski definition) is 1. The number of sulfonamides is 1. The zero-order chi connectivity index (χ0) is 15.0. The molecule has 7 heteroatoms. The van der Waals surface area contributed by atoms with Crippen molar-refractivity contribution < 1.29 is 8.42 Å². The summed E-state index contributed by atoms with van der Waals surface area (Å²) < 4.78 is 27.0. The summed E-state index contributed by atoms with van der Waals surface area (Å²) >= 11 is 6.03. The second-order valence-corrected chi connectivity index (χ2v) is 7.56. The standard InChI is InChI=1S/C13H16ClN3O2S/c1-13(2)9-16-5-6-17(13)20(18,19)12-4-3-10(8-15)7-11(12)14/h3-4,7,16H,5-6,9H2,1-2H3. The Balaban J connectivity index is 2.48. The predicted molar refractivity (Wildman–Crippen MR) is 77.0 cm³/mol. The molecule has 0 saturated carbocycles. The number of nitriles is 1. The van der Waals surface area contributed by atoms with Crippen LogP contribution in [0.1, 0.15) is 19.4 Å². The van der Waals surface area contributed by atoms with E-state index in [9.17, 15) is 8.42 Å². The van der Waals surface area contributed by atoms with Crippen molar-refractivity contribution in [2.24, 2.45) is 0 Å². The summed E-state index contributed by atoms with van der Waals surface area (Å²) in [6.07, 6.45) is 0. The van der Waals surface area contributed by atoms with Crippen molar-refractivity contribution in [1.82, 2.24) is 9.62 Å². The van der Waals surface area contributed by atoms with Crippen LogP contribution < -0.4 is 5.32 Å². The van der Waals surface area contributed by atoms with Gasteiger partial charge in [0.2, 0.25) is 10.0 Å². The molecule has 1 saturated heterocycles. The highest BCUT2D eigenvalue weighted by Crippen LogP contribution is 2.30. The number of nitrogens with zero attached hydrogens (tertiary/aromatic N) is 2. The smallest absolute Gasteiger partial charge is 0.245 e. The number of benzene rings is 1. The summed E-state index contributed by atoms with van der Waals surface area (Å²) in [6, 6.07) is 6.18. The van der Waals surface area contributed by atoms with E-state index in [1.54, 1.807) is 0 Å². The molecule has 0 aliphatic carbocycles. The normalized spacial score (nSPS) is 19.5. The van der Waals surface area contributed by atoms with Crippen LogP contribution in [-0.4, -0.2) is 37.9 Å². The molecule has 108 valence electrons. The van der Waals surface area contributed by atoms with Crippen molar-refractivity contribution in [2.45, 2.75) is 24.3 Å². The quantitative estimate of drug-likeness (QED) is 0.899. The summed E-state index contributed by atoms with van der Waals surface area (Å²) in [7, 11) is -3.67. The van der Waals surface area contributed by atoms with Crippen LogP contribution in [0.4, 0.5) is 0 Å². The first-order valence-corrected chi connectivity index (χ1v) is 8.04. The average Bonchev–Trinajstić information content (AvgIpc) is 2.37. The van der Waals surface area contributed by atoms with Gasteiger partial charge in [0, 0.05) is 25.2 Å². The van der Waals surface area contributed by atoms with Crippen LogP contribution in [0.5, 0.6) is 0 Å². The summed E-state index contributed by atoms with van der Waals surface area (Å²) in [4.78, 5) is 0.0492. The van der Waals surface area contributed by atoms with E-state index in [0.29, 0.717) is 25.2 Å². The van der Waals surface area contributed by atoms with E-state index in [2.05, 4.69) is 5.32 Å². The van der Waals surface area contributed by atoms with E-state index in [4.69, 9.17) is 16.9 Å². The van der Waals surface area contributed by atoms with E-state index < -0.39 is 15.6 Å². The van der Waals surface area contributed by atoms with Crippen LogP contribution in [0.3, 0.4) is 0 Å². The molecule has 1 fully saturated rings. The van der Waals surface area contributed by atoms with E-state index in [-0.39, 0.29) is 9.92 Å². The number of hydrogen-bond acceptors (Lipinski definition) is 4. The first kappa shape index (κ1) is 15.3. The third-order valence-corrected chi connectivity index (χ3v) is 5.95. The van der Waals surface area contributed by atoms with Crippen molar-refractivity contribution >= 4 is 21.6 Å². The molecule has 0 spiro atoms. The highest BCUT2D eigenvalue weighted by Gasteiger charge is 2.39. The van der Waals surface area contributed by atoms with Gasteiger partial charge in [-0.15, -0.1) is 0 Å². The van der Waals surface area contributed by atoms with Gasteiger partial charge < -0.3 is 5.32 Å². The van der Waals surface area contributed by atoms with Gasteiger partial charge in [-0.2, -0.15) is 9.57 Å². The number of piperazine rings is 1. The van der Waals surface area contributed by atoms with E-state index in [0.717, 1.165) is 0 Å². The summed E-state index contributed by atoms with van der Waals surface area (Å²) in [6.45, 7) is 5.32. The zero-order valence-corrected chi connectivity index (χ0v) is 12.9. The van der Waals surface area contributed by atoms with Crippen LogP contribution in [0.25, 0.3) is 0 Å². The Kier molecular flexibility index (Phi) is 4.07. The highest BCUT2D eigenvalue weighted by molar-refractivity contribution is 7.89. The Labute approximate surface area is 124 Å². The lowest BCUT2D eigenvalue weighted by atomic mass is 10.0. The molecule has 1 N–H and O–H groups in total. The van der Waals surface area contributed by atoms with Crippen molar-refractivity contribution in [1.29, 1.82) is 5.26 Å². The van der Waals surface area contributed by atoms with Gasteiger partial charge in [-0.3, -0.25) is 0 Å². The van der Waals surface area contributed by atoms with Gasteiger partial charge in [0.25, 0.3) is 0 Å². The van der Waals surface area contributed by atoms with Gasteiger partial charge in [0.15, 0.2) is 0 Å². The Morgan fingerprint density at radius 2 is 2.15 bits per heavy atom. The third kappa shape index (κ3) is 2.67. The molecule has 0 atom stereocenters. The molecule has 0 bridgehead atoms. The van der Waals surface area contributed by atoms with Crippen LogP contribution in [-0.2, 0) is 10.0 Å². The predicted octanol–water partition coefficient (Wildman–Crippen LogP) is 1.58. The molecule has 0 unspecified atom stereocenters. The zero-order valence-electron chi connectivity index (χ0n) is 11.4. The highest BCUT2D eigenvalue weighted by atomic mass is 35.5. The van der Waals surface area contributed by atoms with Crippen LogP contribution >= 0.6 is 11.6 Å². The van der Waals surface area contributed by atoms with E-state index in [1.165, 1.54) is 22.5 Å². The third-order valence-electron chi connectivity index (χ3n) is 3.35. The van der Waals surface area contributed by atoms with Crippen molar-refractivity contribution in [3.05, 3.63) is 28.8 Å². The summed E-state index contributed by atoms with van der Waals surface area (Å²) in [5, 5.41) is 12.1. The van der Waals surface area contributed by atoms with Gasteiger partial charge >= 0.3 is 0 Å². The van der Waals surface area contributed by atoms with Gasteiger partial charge in [-0.05, 0) is 32.0 Å². The van der Waals surface area contributed by atoms with Crippen LogP contribution in [0, 0.1) is 11.3 Å². The molecule has 1 aliphatic heterocycles. The second-order valence-electron chi connectivity index (χ2n) is 5.32. The summed E-state index contributed by atoms with van der Waals surface area (Å²) in [5.74, 6) is 0. The first-order chi connectivity index (χ1) is 9.29. The lowest BCUT2D eigenvalue weighted by Gasteiger charge is -2.41. The average molecular weight is 314 g/mol. The Morgan fingerprint density at radius 1 is 1.45 bits per heavy atom. The lowest BCUT2D eigenvalue weighted by molar-refractivity contribution is 0.186. The van der Waals surface area contributed by atoms with Crippen LogP contribution in [0.2, 0.25) is 5.02 Å². The fourth-order valence-electron chi connectivity index (χ4n) is 2.31. The molecule has 1 aromatic carbocycles. The maximum Gasteiger partial charge on any atom is 0.245 e. The van der Waals surface area contributed by atoms with Crippen molar-refractivity contribution in [3.8, 4) is 6.07 Å². The van der Waals surface area contributed by atoms with Crippen molar-refractivity contribution in [2.75, 3.05) is 19.6 Å². The van der Waals surface area contributed by atoms with E-state index in [1.807, 2.05) is 19.9 Å². The summed E-state index contributed by atoms with van der Waals surface area (Å²) in [5.41, 5.74) is -0.178. The molecule has 20 heavy (non-hydrogen) atoms. The molecule has 2 rings (SSSR count). The minimum atomic E-state index is -3.67. The molecule has 1 aromatic rings. The van der Waals surface area contributed by atoms with Crippen molar-refractivity contribution in [3.63, 3.8) is 0 Å². The van der Waals surface area contributed by atoms with Gasteiger partial charge in [-0.25, -0.2) is 8.42 Å². The molecular weight excluding hydrogens is 298 g/mol. The molecule has 1 aliphatic rings. The monoisotopic (exact) mass is 313 g/mol. The SMILES string of the molecule is CC1(C)CNCCN1S(=O)(=O)c1ccc(C#N)cc1Cl. The minimum absolute atomic E-state index is 0.0492. The molecular formula is C13H16ClN3O2S. The fraction of sp³-hybridized carbons (Fsp3) is 0.462.